The van der Waals surface area contributed by atoms with Crippen LogP contribution >= 0.6 is 0 Å². The van der Waals surface area contributed by atoms with Crippen molar-refractivity contribution in [2.24, 2.45) is 5.73 Å². The first-order chi connectivity index (χ1) is 15.1. The number of fused-ring (bicyclic) bond motifs is 1. The summed E-state index contributed by atoms with van der Waals surface area (Å²) in [6.45, 7) is 2.33. The highest BCUT2D eigenvalue weighted by atomic mass is 16.2. The predicted molar refractivity (Wildman–Crippen MR) is 126 cm³/mol. The van der Waals surface area contributed by atoms with Crippen molar-refractivity contribution >= 4 is 28.2 Å². The molecule has 1 amide bonds. The van der Waals surface area contributed by atoms with Gasteiger partial charge in [-0.15, -0.1) is 0 Å². The number of amides is 1. The first kappa shape index (κ1) is 20.6. The van der Waals surface area contributed by atoms with Crippen molar-refractivity contribution in [2.75, 3.05) is 5.32 Å². The summed E-state index contributed by atoms with van der Waals surface area (Å²) in [7, 11) is 0. The molecule has 1 atom stereocenters. The number of aryl methyl sites for hydroxylation is 1. The number of benzene rings is 3. The Labute approximate surface area is 182 Å². The predicted octanol–water partition coefficient (Wildman–Crippen LogP) is 4.47. The first-order valence-corrected chi connectivity index (χ1v) is 10.4. The lowest BCUT2D eigenvalue weighted by atomic mass is 9.99. The highest BCUT2D eigenvalue weighted by Gasteiger charge is 2.15. The van der Waals surface area contributed by atoms with Crippen LogP contribution in [0.5, 0.6) is 0 Å². The molecule has 156 valence electrons. The van der Waals surface area contributed by atoms with E-state index in [-0.39, 0.29) is 5.91 Å². The van der Waals surface area contributed by atoms with Gasteiger partial charge >= 0.3 is 0 Å². The molecule has 5 heteroatoms. The van der Waals surface area contributed by atoms with E-state index < -0.39 is 6.04 Å². The van der Waals surface area contributed by atoms with Crippen molar-refractivity contribution in [3.05, 3.63) is 102 Å². The molecule has 0 saturated heterocycles. The van der Waals surface area contributed by atoms with Crippen LogP contribution in [0, 0.1) is 6.92 Å². The third kappa shape index (κ3) is 5.08. The van der Waals surface area contributed by atoms with Gasteiger partial charge in [-0.05, 0) is 53.4 Å². The molecular weight excluding hydrogens is 384 g/mol. The average Bonchev–Trinajstić information content (AvgIpc) is 2.79. The minimum Gasteiger partial charge on any atom is -0.351 e. The van der Waals surface area contributed by atoms with Gasteiger partial charge in [-0.2, -0.15) is 0 Å². The van der Waals surface area contributed by atoms with Crippen LogP contribution in [0.2, 0.25) is 0 Å². The smallest absolute Gasteiger partial charge is 0.237 e. The Hall–Kier alpha value is -3.70. The zero-order chi connectivity index (χ0) is 21.6. The molecule has 4 N–H and O–H groups in total. The number of nitrogens with one attached hydrogen (secondary N) is 2. The molecule has 31 heavy (non-hydrogen) atoms. The van der Waals surface area contributed by atoms with E-state index in [0.717, 1.165) is 39.1 Å². The van der Waals surface area contributed by atoms with Crippen LogP contribution in [0.25, 0.3) is 10.8 Å². The van der Waals surface area contributed by atoms with E-state index in [1.165, 1.54) is 0 Å². The fourth-order valence-corrected chi connectivity index (χ4v) is 3.63. The van der Waals surface area contributed by atoms with Crippen molar-refractivity contribution in [3.8, 4) is 0 Å². The van der Waals surface area contributed by atoms with E-state index in [9.17, 15) is 4.79 Å². The second-order valence-corrected chi connectivity index (χ2v) is 7.60. The summed E-state index contributed by atoms with van der Waals surface area (Å²) >= 11 is 0. The maximum absolute atomic E-state index is 12.6. The second-order valence-electron chi connectivity index (χ2n) is 7.60. The van der Waals surface area contributed by atoms with Gasteiger partial charge in [0, 0.05) is 17.9 Å². The minimum atomic E-state index is -0.613. The number of carbonyl (C=O) groups excluding carboxylic acids is 1. The van der Waals surface area contributed by atoms with Crippen molar-refractivity contribution in [1.29, 1.82) is 0 Å². The minimum absolute atomic E-state index is 0.168. The molecule has 0 spiro atoms. The number of hydrogen-bond donors (Lipinski definition) is 3. The van der Waals surface area contributed by atoms with Crippen LogP contribution in [0.15, 0.2) is 84.9 Å². The molecule has 0 aliphatic rings. The maximum atomic E-state index is 12.6. The molecule has 0 unspecified atom stereocenters. The second kappa shape index (κ2) is 9.41. The fourth-order valence-electron chi connectivity index (χ4n) is 3.63. The Kier molecular flexibility index (Phi) is 6.24. The molecule has 4 rings (SSSR count). The first-order valence-electron chi connectivity index (χ1n) is 10.4. The van der Waals surface area contributed by atoms with Gasteiger partial charge in [0.05, 0.1) is 6.04 Å². The van der Waals surface area contributed by atoms with E-state index in [1.54, 1.807) is 0 Å². The molecule has 1 aromatic heterocycles. The molecule has 0 aliphatic heterocycles. The van der Waals surface area contributed by atoms with Crippen LogP contribution in [0.4, 0.5) is 11.5 Å². The Morgan fingerprint density at radius 2 is 1.65 bits per heavy atom. The third-order valence-corrected chi connectivity index (χ3v) is 5.35. The number of rotatable bonds is 7. The summed E-state index contributed by atoms with van der Waals surface area (Å²) < 4.78 is 0. The third-order valence-electron chi connectivity index (χ3n) is 5.35. The summed E-state index contributed by atoms with van der Waals surface area (Å²) in [4.78, 5) is 17.2. The number of para-hydroxylation sites is 1. The molecule has 0 bridgehead atoms. The van der Waals surface area contributed by atoms with Crippen LogP contribution < -0.4 is 16.4 Å². The van der Waals surface area contributed by atoms with Crippen LogP contribution in [-0.2, 0) is 17.8 Å². The van der Waals surface area contributed by atoms with Gasteiger partial charge in [0.2, 0.25) is 5.91 Å². The highest BCUT2D eigenvalue weighted by Crippen LogP contribution is 2.20. The molecular formula is C26H26N4O. The van der Waals surface area contributed by atoms with Gasteiger partial charge in [0.15, 0.2) is 0 Å². The molecule has 0 saturated carbocycles. The summed E-state index contributed by atoms with van der Waals surface area (Å²) in [5, 5.41) is 8.52. The molecule has 4 aromatic rings. The van der Waals surface area contributed by atoms with Gasteiger partial charge in [0.25, 0.3) is 0 Å². The van der Waals surface area contributed by atoms with E-state index >= 15 is 0 Å². The van der Waals surface area contributed by atoms with Crippen LogP contribution in [-0.4, -0.2) is 16.9 Å². The maximum Gasteiger partial charge on any atom is 0.237 e. The molecule has 0 aliphatic carbocycles. The zero-order valence-electron chi connectivity index (χ0n) is 17.5. The SMILES string of the molecule is Cc1nc(Nc2ccccc2)ccc1CNC(=O)[C@@H](N)Cc1cccc2ccccc12. The lowest BCUT2D eigenvalue weighted by molar-refractivity contribution is -0.122. The molecule has 5 nitrogen and oxygen atoms in total. The van der Waals surface area contributed by atoms with Gasteiger partial charge in [-0.25, -0.2) is 4.98 Å². The van der Waals surface area contributed by atoms with Crippen molar-refractivity contribution in [2.45, 2.75) is 25.9 Å². The molecule has 0 radical (unpaired) electrons. The highest BCUT2D eigenvalue weighted by molar-refractivity contribution is 5.87. The van der Waals surface area contributed by atoms with Crippen molar-refractivity contribution in [1.82, 2.24) is 10.3 Å². The van der Waals surface area contributed by atoms with E-state index in [4.69, 9.17) is 5.73 Å². The monoisotopic (exact) mass is 410 g/mol. The number of carbonyl (C=O) groups is 1. The quantitative estimate of drug-likeness (QED) is 0.420. The van der Waals surface area contributed by atoms with Gasteiger partial charge < -0.3 is 16.4 Å². The van der Waals surface area contributed by atoms with Crippen LogP contribution in [0.1, 0.15) is 16.8 Å². The number of hydrogen-bond acceptors (Lipinski definition) is 4. The van der Waals surface area contributed by atoms with Crippen molar-refractivity contribution < 1.29 is 4.79 Å². The van der Waals surface area contributed by atoms with Gasteiger partial charge in [0.1, 0.15) is 5.82 Å². The van der Waals surface area contributed by atoms with Crippen molar-refractivity contribution in [3.63, 3.8) is 0 Å². The number of aromatic nitrogens is 1. The van der Waals surface area contributed by atoms with E-state index in [1.807, 2.05) is 73.7 Å². The van der Waals surface area contributed by atoms with Crippen LogP contribution in [0.3, 0.4) is 0 Å². The van der Waals surface area contributed by atoms with Gasteiger partial charge in [-0.1, -0.05) is 66.7 Å². The molecule has 1 heterocycles. The van der Waals surface area contributed by atoms with Gasteiger partial charge in [-0.3, -0.25) is 4.79 Å². The summed E-state index contributed by atoms with van der Waals surface area (Å²) in [6, 6.07) is 27.4. The number of anilines is 2. The largest absolute Gasteiger partial charge is 0.351 e. The Bertz CT molecular complexity index is 1190. The van der Waals surface area contributed by atoms with E-state index in [2.05, 4.69) is 33.8 Å². The standard InChI is InChI=1S/C26H26N4O/c1-18-21(14-15-25(29-18)30-22-11-3-2-4-12-22)17-28-26(31)24(27)16-20-10-7-9-19-8-5-6-13-23(19)20/h2-15,24H,16-17,27H2,1H3,(H,28,31)(H,29,30)/t24-/m0/s1. The lowest BCUT2D eigenvalue weighted by Crippen LogP contribution is -2.41. The normalized spacial score (nSPS) is 11.8. The Morgan fingerprint density at radius 3 is 2.45 bits per heavy atom. The lowest BCUT2D eigenvalue weighted by Gasteiger charge is -2.15. The average molecular weight is 411 g/mol. The number of nitrogens with two attached hydrogens (primary N) is 1. The molecule has 0 fully saturated rings. The molecule has 3 aromatic carbocycles. The van der Waals surface area contributed by atoms with E-state index in [0.29, 0.717) is 13.0 Å². The number of pyridine rings is 1. The topological polar surface area (TPSA) is 80.0 Å². The summed E-state index contributed by atoms with van der Waals surface area (Å²) in [6.07, 6.45) is 0.490. The summed E-state index contributed by atoms with van der Waals surface area (Å²) in [5.74, 6) is 0.602. The Morgan fingerprint density at radius 1 is 0.903 bits per heavy atom. The number of nitrogens with zero attached hydrogens (tertiary/aromatic N) is 1. The summed E-state index contributed by atoms with van der Waals surface area (Å²) in [5.41, 5.74) is 10.1. The Balaban J connectivity index is 1.36. The fraction of sp³-hybridized carbons (Fsp3) is 0.154. The zero-order valence-corrected chi connectivity index (χ0v) is 17.5.